The summed E-state index contributed by atoms with van der Waals surface area (Å²) in [6.07, 6.45) is 3.53. The summed E-state index contributed by atoms with van der Waals surface area (Å²) in [6, 6.07) is 6.33. The molecule has 1 aromatic rings. The highest BCUT2D eigenvalue weighted by Crippen LogP contribution is 2.58. The van der Waals surface area contributed by atoms with E-state index in [1.807, 2.05) is 13.0 Å². The molecule has 1 spiro atoms. The number of hydrogen-bond acceptors (Lipinski definition) is 4. The largest absolute Gasteiger partial charge is 0.616 e. The number of carbonyl (C=O) groups excluding carboxylic acids is 1. The number of piperidine rings is 1. The number of amides is 1. The van der Waals surface area contributed by atoms with Gasteiger partial charge in [-0.05, 0) is 87.3 Å². The number of rotatable bonds is 4. The number of fused-ring (bicyclic) bond motifs is 1. The Morgan fingerprint density at radius 3 is 2.71 bits per heavy atom. The van der Waals surface area contributed by atoms with Crippen molar-refractivity contribution in [3.8, 4) is 5.75 Å². The van der Waals surface area contributed by atoms with Crippen LogP contribution in [0.15, 0.2) is 22.7 Å². The highest BCUT2D eigenvalue weighted by atomic mass is 79.9. The lowest BCUT2D eigenvalue weighted by Gasteiger charge is -2.47. The maximum atomic E-state index is 12.7. The molecule has 1 saturated heterocycles. The van der Waals surface area contributed by atoms with Crippen molar-refractivity contribution in [2.75, 3.05) is 25.4 Å². The maximum absolute atomic E-state index is 12.7. The fourth-order valence-corrected chi connectivity index (χ4v) is 6.74. The molecule has 0 aromatic heterocycles. The zero-order chi connectivity index (χ0) is 22.4. The minimum atomic E-state index is -0.816. The second-order valence-electron chi connectivity index (χ2n) is 10.2. The van der Waals surface area contributed by atoms with Gasteiger partial charge >= 0.3 is 6.09 Å². The summed E-state index contributed by atoms with van der Waals surface area (Å²) in [6.45, 7) is 9.76. The molecule has 172 valence electrons. The van der Waals surface area contributed by atoms with Crippen LogP contribution in [0.25, 0.3) is 0 Å². The number of halogens is 1. The minimum Gasteiger partial charge on any atom is -0.616 e. The molecule has 31 heavy (non-hydrogen) atoms. The van der Waals surface area contributed by atoms with Gasteiger partial charge in [0.2, 0.25) is 0 Å². The normalized spacial score (nSPS) is 27.9. The molecule has 2 unspecified atom stereocenters. The van der Waals surface area contributed by atoms with Crippen LogP contribution in [0.5, 0.6) is 5.75 Å². The molecule has 1 saturated carbocycles. The van der Waals surface area contributed by atoms with Gasteiger partial charge in [0.05, 0.1) is 6.61 Å². The zero-order valence-corrected chi connectivity index (χ0v) is 21.4. The number of likely N-dealkylation sites (tertiary alicyclic amines) is 1. The Morgan fingerprint density at radius 2 is 2.06 bits per heavy atom. The third kappa shape index (κ3) is 5.03. The van der Waals surface area contributed by atoms with Crippen molar-refractivity contribution in [1.82, 2.24) is 4.90 Å². The Bertz CT molecular complexity index is 818. The van der Waals surface area contributed by atoms with Gasteiger partial charge in [-0.15, -0.1) is 0 Å². The Kier molecular flexibility index (Phi) is 6.59. The van der Waals surface area contributed by atoms with Crippen LogP contribution in [0.1, 0.15) is 64.9 Å². The van der Waals surface area contributed by atoms with Crippen molar-refractivity contribution >= 4 is 33.2 Å². The summed E-state index contributed by atoms with van der Waals surface area (Å²) >= 11 is 2.82. The van der Waals surface area contributed by atoms with Gasteiger partial charge in [0.15, 0.2) is 0 Å². The number of hydrogen-bond donors (Lipinski definition) is 0. The predicted molar refractivity (Wildman–Crippen MR) is 127 cm³/mol. The summed E-state index contributed by atoms with van der Waals surface area (Å²) in [7, 11) is 0. The predicted octanol–water partition coefficient (Wildman–Crippen LogP) is 5.49. The van der Waals surface area contributed by atoms with Gasteiger partial charge in [-0.25, -0.2) is 4.79 Å². The third-order valence-corrected chi connectivity index (χ3v) is 9.62. The van der Waals surface area contributed by atoms with Crippen molar-refractivity contribution in [3.05, 3.63) is 28.2 Å². The average Bonchev–Trinajstić information content (AvgIpc) is 3.47. The van der Waals surface area contributed by atoms with E-state index in [4.69, 9.17) is 9.47 Å². The monoisotopic (exact) mass is 511 g/mol. The molecule has 1 aliphatic carbocycles. The molecule has 4 atom stereocenters. The first-order valence-corrected chi connectivity index (χ1v) is 13.5. The standard InChI is InChI=1S/C24H34BrNO4S/c1-5-29-22(27)26-10-8-24(9-11-26)14-20(19-13-17(25)6-7-21(19)30-24)18-12-16(18)15-31(28)23(2,3)4/h6-7,13,16,18,20H,5,8-12,14-15H2,1-4H3/t16?,18?,20-,31-/m1/s1. The van der Waals surface area contributed by atoms with E-state index < -0.39 is 11.2 Å². The smallest absolute Gasteiger partial charge is 0.409 e. The molecule has 1 aromatic carbocycles. The van der Waals surface area contributed by atoms with Gasteiger partial charge < -0.3 is 18.9 Å². The Balaban J connectivity index is 1.50. The Hall–Kier alpha value is -0.920. The first kappa shape index (κ1) is 23.2. The Labute approximate surface area is 197 Å². The van der Waals surface area contributed by atoms with Crippen molar-refractivity contribution in [2.45, 2.75) is 69.6 Å². The van der Waals surface area contributed by atoms with Gasteiger partial charge in [0.25, 0.3) is 0 Å². The molecule has 0 N–H and O–H groups in total. The summed E-state index contributed by atoms with van der Waals surface area (Å²) in [5.41, 5.74) is 1.05. The molecular formula is C24H34BrNO4S. The van der Waals surface area contributed by atoms with Crippen LogP contribution < -0.4 is 4.74 Å². The maximum Gasteiger partial charge on any atom is 0.409 e. The number of nitrogens with zero attached hydrogens (tertiary/aromatic N) is 1. The summed E-state index contributed by atoms with van der Waals surface area (Å²) in [4.78, 5) is 13.9. The molecule has 5 nitrogen and oxygen atoms in total. The van der Waals surface area contributed by atoms with E-state index in [1.54, 1.807) is 4.90 Å². The molecule has 4 rings (SSSR count). The lowest BCUT2D eigenvalue weighted by molar-refractivity contribution is -0.0233. The molecule has 7 heteroatoms. The van der Waals surface area contributed by atoms with Crippen LogP contribution >= 0.6 is 15.9 Å². The minimum absolute atomic E-state index is 0.162. The summed E-state index contributed by atoms with van der Waals surface area (Å²) in [5.74, 6) is 3.26. The van der Waals surface area contributed by atoms with E-state index in [1.165, 1.54) is 5.56 Å². The summed E-state index contributed by atoms with van der Waals surface area (Å²) < 4.78 is 25.4. The Morgan fingerprint density at radius 1 is 1.35 bits per heavy atom. The topological polar surface area (TPSA) is 61.8 Å². The summed E-state index contributed by atoms with van der Waals surface area (Å²) in [5, 5.41) is 0. The lowest BCUT2D eigenvalue weighted by Crippen LogP contribution is -2.52. The molecular weight excluding hydrogens is 478 g/mol. The highest BCUT2D eigenvalue weighted by Gasteiger charge is 2.53. The van der Waals surface area contributed by atoms with E-state index in [0.29, 0.717) is 37.5 Å². The zero-order valence-electron chi connectivity index (χ0n) is 19.0. The fourth-order valence-electron chi connectivity index (χ4n) is 5.09. The average molecular weight is 513 g/mol. The first-order valence-electron chi connectivity index (χ1n) is 11.4. The van der Waals surface area contributed by atoms with Crippen LogP contribution in [0, 0.1) is 11.8 Å². The molecule has 1 amide bonds. The van der Waals surface area contributed by atoms with Gasteiger partial charge in [-0.2, -0.15) is 0 Å². The quantitative estimate of drug-likeness (QED) is 0.501. The molecule has 3 aliphatic rings. The van der Waals surface area contributed by atoms with Crippen LogP contribution in [0.2, 0.25) is 0 Å². The van der Waals surface area contributed by atoms with E-state index >= 15 is 0 Å². The number of benzene rings is 1. The molecule has 2 fully saturated rings. The second kappa shape index (κ2) is 8.79. The highest BCUT2D eigenvalue weighted by molar-refractivity contribution is 9.10. The van der Waals surface area contributed by atoms with Gasteiger partial charge in [0.1, 0.15) is 21.9 Å². The van der Waals surface area contributed by atoms with Crippen molar-refractivity contribution in [2.24, 2.45) is 11.8 Å². The van der Waals surface area contributed by atoms with Crippen molar-refractivity contribution in [3.63, 3.8) is 0 Å². The van der Waals surface area contributed by atoms with E-state index in [9.17, 15) is 9.35 Å². The second-order valence-corrected chi connectivity index (χ2v) is 13.4. The van der Waals surface area contributed by atoms with E-state index in [0.717, 1.165) is 41.7 Å². The van der Waals surface area contributed by atoms with Gasteiger partial charge in [-0.1, -0.05) is 15.9 Å². The van der Waals surface area contributed by atoms with Crippen molar-refractivity contribution < 1.29 is 18.8 Å². The van der Waals surface area contributed by atoms with Crippen LogP contribution in [0.3, 0.4) is 0 Å². The fraction of sp³-hybridized carbons (Fsp3) is 0.708. The lowest BCUT2D eigenvalue weighted by atomic mass is 9.75. The van der Waals surface area contributed by atoms with Gasteiger partial charge in [-0.3, -0.25) is 0 Å². The molecule has 2 heterocycles. The number of ether oxygens (including phenoxy) is 2. The number of carbonyl (C=O) groups is 1. The van der Waals surface area contributed by atoms with E-state index in [-0.39, 0.29) is 16.4 Å². The van der Waals surface area contributed by atoms with Crippen LogP contribution in [-0.4, -0.2) is 51.3 Å². The van der Waals surface area contributed by atoms with Crippen LogP contribution in [0.4, 0.5) is 4.79 Å². The van der Waals surface area contributed by atoms with Crippen LogP contribution in [-0.2, 0) is 15.9 Å². The van der Waals surface area contributed by atoms with Crippen molar-refractivity contribution in [1.29, 1.82) is 0 Å². The van der Waals surface area contributed by atoms with E-state index in [2.05, 4.69) is 48.8 Å². The SMILES string of the molecule is CCOC(=O)N1CCC2(CC1)C[C@H](C1CC1C[S@@+]([O-])C(C)(C)C)c1cc(Br)ccc1O2. The molecule has 0 bridgehead atoms. The first-order chi connectivity index (χ1) is 14.6. The van der Waals surface area contributed by atoms with Gasteiger partial charge in [0, 0.05) is 36.3 Å². The molecule has 2 aliphatic heterocycles. The molecule has 0 radical (unpaired) electrons. The third-order valence-electron chi connectivity index (χ3n) is 7.03.